The van der Waals surface area contributed by atoms with Gasteiger partial charge in [-0.05, 0) is 126 Å². The number of hydrogen-bond donors (Lipinski definition) is 0. The van der Waals surface area contributed by atoms with E-state index in [2.05, 4.69) is 195 Å². The summed E-state index contributed by atoms with van der Waals surface area (Å²) in [6.45, 7) is 9.11. The van der Waals surface area contributed by atoms with Crippen LogP contribution in [0.25, 0.3) is 11.1 Å². The van der Waals surface area contributed by atoms with E-state index in [1.165, 1.54) is 47.2 Å². The zero-order chi connectivity index (χ0) is 33.3. The number of para-hydroxylation sites is 2. The predicted molar refractivity (Wildman–Crippen MR) is 208 cm³/mol. The fourth-order valence-corrected chi connectivity index (χ4v) is 6.69. The van der Waals surface area contributed by atoms with Gasteiger partial charge in [0.15, 0.2) is 0 Å². The van der Waals surface area contributed by atoms with Crippen molar-refractivity contribution in [1.82, 2.24) is 0 Å². The predicted octanol–water partition coefficient (Wildman–Crippen LogP) is 14.1. The quantitative estimate of drug-likeness (QED) is 0.126. The molecule has 0 aliphatic rings. The van der Waals surface area contributed by atoms with E-state index in [1.54, 1.807) is 0 Å². The first-order valence-corrected chi connectivity index (χ1v) is 17.7. The lowest BCUT2D eigenvalue weighted by molar-refractivity contribution is 0.596. The minimum Gasteiger partial charge on any atom is -0.311 e. The molecule has 6 aromatic rings. The van der Waals surface area contributed by atoms with Gasteiger partial charge in [0.25, 0.3) is 0 Å². The van der Waals surface area contributed by atoms with Crippen molar-refractivity contribution >= 4 is 34.1 Å². The van der Waals surface area contributed by atoms with Gasteiger partial charge in [-0.1, -0.05) is 119 Å². The summed E-state index contributed by atoms with van der Waals surface area (Å²) in [6.07, 6.45) is 4.76. The molecule has 2 nitrogen and oxygen atoms in total. The van der Waals surface area contributed by atoms with Gasteiger partial charge in [0.05, 0.1) is 0 Å². The van der Waals surface area contributed by atoms with Crippen LogP contribution < -0.4 is 9.80 Å². The van der Waals surface area contributed by atoms with Crippen molar-refractivity contribution < 1.29 is 0 Å². The van der Waals surface area contributed by atoms with Crippen LogP contribution in [0, 0.1) is 0 Å². The Bertz CT molecular complexity index is 1830. The summed E-state index contributed by atoms with van der Waals surface area (Å²) in [5.41, 5.74) is 12.1. The van der Waals surface area contributed by atoms with Gasteiger partial charge in [0.2, 0.25) is 0 Å². The third-order valence-electron chi connectivity index (χ3n) is 9.70. The molecule has 0 heterocycles. The van der Waals surface area contributed by atoms with E-state index in [-0.39, 0.29) is 0 Å². The zero-order valence-electron chi connectivity index (χ0n) is 28.9. The largest absolute Gasteiger partial charge is 0.311 e. The van der Waals surface area contributed by atoms with Crippen molar-refractivity contribution in [3.05, 3.63) is 169 Å². The molecular weight excluding hydrogens is 581 g/mol. The second-order valence-electron chi connectivity index (χ2n) is 12.8. The Hall–Kier alpha value is -5.08. The topological polar surface area (TPSA) is 6.48 Å². The molecule has 6 aromatic carbocycles. The van der Waals surface area contributed by atoms with E-state index in [0.29, 0.717) is 11.8 Å². The molecule has 242 valence electrons. The lowest BCUT2D eigenvalue weighted by Crippen LogP contribution is -2.10. The maximum Gasteiger partial charge on any atom is 0.0462 e. The lowest BCUT2D eigenvalue weighted by Gasteiger charge is -2.27. The van der Waals surface area contributed by atoms with Gasteiger partial charge in [-0.25, -0.2) is 0 Å². The molecule has 2 heteroatoms. The first-order chi connectivity index (χ1) is 23.6. The van der Waals surface area contributed by atoms with E-state index in [9.17, 15) is 0 Å². The van der Waals surface area contributed by atoms with Crippen LogP contribution in [0.5, 0.6) is 0 Å². The highest BCUT2D eigenvalue weighted by Gasteiger charge is 2.16. The van der Waals surface area contributed by atoms with Gasteiger partial charge < -0.3 is 9.80 Å². The normalized spacial score (nSPS) is 12.3. The number of hydrogen-bond acceptors (Lipinski definition) is 2. The van der Waals surface area contributed by atoms with E-state index in [1.807, 2.05) is 0 Å². The fraction of sp³-hybridized carbons (Fsp3) is 0.217. The minimum atomic E-state index is 0.555. The Balaban J connectivity index is 1.28. The number of rotatable bonds is 13. The molecule has 0 spiro atoms. The van der Waals surface area contributed by atoms with Gasteiger partial charge in [-0.2, -0.15) is 0 Å². The van der Waals surface area contributed by atoms with Crippen molar-refractivity contribution in [2.75, 3.05) is 9.80 Å². The molecular formula is C46H48N2. The highest BCUT2D eigenvalue weighted by molar-refractivity contribution is 5.80. The maximum absolute atomic E-state index is 2.35. The first kappa shape index (κ1) is 32.8. The van der Waals surface area contributed by atoms with Gasteiger partial charge in [0, 0.05) is 34.1 Å². The Morgan fingerprint density at radius 1 is 0.396 bits per heavy atom. The molecule has 48 heavy (non-hydrogen) atoms. The minimum absolute atomic E-state index is 0.555. The molecule has 2 atom stereocenters. The first-order valence-electron chi connectivity index (χ1n) is 17.7. The van der Waals surface area contributed by atoms with Crippen LogP contribution in [0.3, 0.4) is 0 Å². The smallest absolute Gasteiger partial charge is 0.0462 e. The summed E-state index contributed by atoms with van der Waals surface area (Å²) in [6, 6.07) is 57.5. The highest BCUT2D eigenvalue weighted by Crippen LogP contribution is 2.39. The summed E-state index contributed by atoms with van der Waals surface area (Å²) in [5.74, 6) is 1.18. The Labute approximate surface area is 288 Å². The van der Waals surface area contributed by atoms with Crippen molar-refractivity contribution in [3.63, 3.8) is 0 Å². The second kappa shape index (κ2) is 15.7. The molecule has 6 rings (SSSR count). The summed E-state index contributed by atoms with van der Waals surface area (Å²) >= 11 is 0. The van der Waals surface area contributed by atoms with E-state index < -0.39 is 0 Å². The van der Waals surface area contributed by atoms with Crippen LogP contribution in [0.15, 0.2) is 158 Å². The molecule has 0 bridgehead atoms. The van der Waals surface area contributed by atoms with Gasteiger partial charge in [-0.15, -0.1) is 0 Å². The van der Waals surface area contributed by atoms with Gasteiger partial charge in [0.1, 0.15) is 0 Å². The molecule has 2 unspecified atom stereocenters. The number of nitrogens with zero attached hydrogens (tertiary/aromatic N) is 2. The van der Waals surface area contributed by atoms with Crippen LogP contribution in [0.2, 0.25) is 0 Å². The van der Waals surface area contributed by atoms with Crippen LogP contribution >= 0.6 is 0 Å². The third-order valence-corrected chi connectivity index (χ3v) is 9.70. The van der Waals surface area contributed by atoms with Crippen LogP contribution in [-0.2, 0) is 0 Å². The van der Waals surface area contributed by atoms with E-state index in [0.717, 1.165) is 34.9 Å². The molecule has 0 aliphatic carbocycles. The molecule has 0 aromatic heterocycles. The third kappa shape index (κ3) is 7.39. The summed E-state index contributed by atoms with van der Waals surface area (Å²) in [5, 5.41) is 0. The molecule has 0 radical (unpaired) electrons. The lowest BCUT2D eigenvalue weighted by atomic mass is 9.92. The standard InChI is InChI=1S/C46H48N2/c1-5-14-36(7-3)38-21-29-44(30-22-38)48(42-17-12-9-13-18-42)46-33-25-40(26-34-46)39-23-31-45(32-24-39)47(41-15-10-8-11-16-41)43-27-19-37(20-28-43)35(4)6-2/h8-13,15-36H,5-7,14H2,1-4H3. The highest BCUT2D eigenvalue weighted by atomic mass is 15.1. The van der Waals surface area contributed by atoms with Crippen LogP contribution in [0.1, 0.15) is 76.3 Å². The average molecular weight is 629 g/mol. The maximum atomic E-state index is 2.35. The molecule has 0 fully saturated rings. The van der Waals surface area contributed by atoms with Crippen molar-refractivity contribution in [2.45, 2.75) is 65.2 Å². The fourth-order valence-electron chi connectivity index (χ4n) is 6.69. The van der Waals surface area contributed by atoms with Gasteiger partial charge >= 0.3 is 0 Å². The van der Waals surface area contributed by atoms with E-state index >= 15 is 0 Å². The summed E-state index contributed by atoms with van der Waals surface area (Å²) in [4.78, 5) is 4.68. The van der Waals surface area contributed by atoms with Crippen molar-refractivity contribution in [3.8, 4) is 11.1 Å². The SMILES string of the molecule is CCCC(CC)c1ccc(N(c2ccccc2)c2ccc(-c3ccc(N(c4ccccc4)c4ccc(C(C)CC)cc4)cc3)cc2)cc1. The van der Waals surface area contributed by atoms with Crippen LogP contribution in [-0.4, -0.2) is 0 Å². The van der Waals surface area contributed by atoms with Crippen molar-refractivity contribution in [1.29, 1.82) is 0 Å². The second-order valence-corrected chi connectivity index (χ2v) is 12.8. The Kier molecular flexibility index (Phi) is 10.7. The van der Waals surface area contributed by atoms with Gasteiger partial charge in [-0.3, -0.25) is 0 Å². The zero-order valence-corrected chi connectivity index (χ0v) is 28.9. The molecule has 0 amide bonds. The van der Waals surface area contributed by atoms with E-state index in [4.69, 9.17) is 0 Å². The summed E-state index contributed by atoms with van der Waals surface area (Å²) in [7, 11) is 0. The molecule has 0 saturated heterocycles. The number of benzene rings is 6. The molecule has 0 saturated carbocycles. The Morgan fingerprint density at radius 2 is 0.750 bits per heavy atom. The average Bonchev–Trinajstić information content (AvgIpc) is 3.16. The molecule has 0 aliphatic heterocycles. The molecule has 0 N–H and O–H groups in total. The summed E-state index contributed by atoms with van der Waals surface area (Å²) < 4.78 is 0. The monoisotopic (exact) mass is 628 g/mol. The van der Waals surface area contributed by atoms with Crippen LogP contribution in [0.4, 0.5) is 34.1 Å². The Morgan fingerprint density at radius 3 is 1.10 bits per heavy atom. The van der Waals surface area contributed by atoms with Crippen molar-refractivity contribution in [2.24, 2.45) is 0 Å². The number of anilines is 6.